The first-order valence-electron chi connectivity index (χ1n) is 8.15. The maximum atomic E-state index is 10.8. The van der Waals surface area contributed by atoms with Gasteiger partial charge >= 0.3 is 0 Å². The highest BCUT2D eigenvalue weighted by molar-refractivity contribution is 5.70. The van der Waals surface area contributed by atoms with Gasteiger partial charge in [-0.3, -0.25) is 10.1 Å². The van der Waals surface area contributed by atoms with Gasteiger partial charge in [-0.05, 0) is 37.8 Å². The zero-order valence-corrected chi connectivity index (χ0v) is 13.7. The minimum atomic E-state index is -0.388. The fourth-order valence-electron chi connectivity index (χ4n) is 2.87. The molecule has 1 aliphatic heterocycles. The molecule has 1 fully saturated rings. The minimum absolute atomic E-state index is 0.0880. The Morgan fingerprint density at radius 3 is 2.67 bits per heavy atom. The number of non-ortho nitro benzene ring substituents is 1. The molecule has 0 saturated carbocycles. The van der Waals surface area contributed by atoms with Gasteiger partial charge in [0.05, 0.1) is 10.6 Å². The first kappa shape index (κ1) is 16.1. The zero-order valence-electron chi connectivity index (χ0n) is 13.7. The lowest BCUT2D eigenvalue weighted by atomic mass is 10.1. The number of aromatic nitrogens is 2. The van der Waals surface area contributed by atoms with Crippen LogP contribution in [0.4, 0.5) is 11.5 Å². The number of hydrogen-bond donors (Lipinski definition) is 0. The molecule has 3 rings (SSSR count). The SMILES string of the molecule is Cc1nc(C=Cc2cccc([N+](=O)[O-])c2)cc(N2CCCCC2)n1. The fourth-order valence-corrected chi connectivity index (χ4v) is 2.87. The standard InChI is InChI=1S/C18H20N4O2/c1-14-19-16(13-18(20-14)21-10-3-2-4-11-21)9-8-15-6-5-7-17(12-15)22(23)24/h5-9,12-13H,2-4,10-11H2,1H3. The summed E-state index contributed by atoms with van der Waals surface area (Å²) in [6.45, 7) is 3.95. The first-order chi connectivity index (χ1) is 11.6. The molecule has 0 spiro atoms. The van der Waals surface area contributed by atoms with Gasteiger partial charge in [-0.2, -0.15) is 0 Å². The summed E-state index contributed by atoms with van der Waals surface area (Å²) in [6, 6.07) is 8.54. The van der Waals surface area contributed by atoms with Crippen LogP contribution in [0.2, 0.25) is 0 Å². The van der Waals surface area contributed by atoms with Crippen molar-refractivity contribution in [2.45, 2.75) is 26.2 Å². The summed E-state index contributed by atoms with van der Waals surface area (Å²) >= 11 is 0. The minimum Gasteiger partial charge on any atom is -0.356 e. The van der Waals surface area contributed by atoms with E-state index < -0.39 is 0 Å². The van der Waals surface area contributed by atoms with E-state index in [1.807, 2.05) is 31.2 Å². The zero-order chi connectivity index (χ0) is 16.9. The summed E-state index contributed by atoms with van der Waals surface area (Å²) in [5.41, 5.74) is 1.68. The lowest BCUT2D eigenvalue weighted by molar-refractivity contribution is -0.384. The van der Waals surface area contributed by atoms with Gasteiger partial charge in [-0.1, -0.05) is 18.2 Å². The Kier molecular flexibility index (Phi) is 4.84. The summed E-state index contributed by atoms with van der Waals surface area (Å²) in [5, 5.41) is 10.8. The quantitative estimate of drug-likeness (QED) is 0.631. The van der Waals surface area contributed by atoms with Crippen LogP contribution in [0.3, 0.4) is 0 Å². The Balaban J connectivity index is 1.82. The smallest absolute Gasteiger partial charge is 0.270 e. The molecule has 1 aromatic heterocycles. The summed E-state index contributed by atoms with van der Waals surface area (Å²) in [7, 11) is 0. The molecule has 6 nitrogen and oxygen atoms in total. The van der Waals surface area contributed by atoms with Crippen LogP contribution in [0.1, 0.15) is 36.3 Å². The molecule has 24 heavy (non-hydrogen) atoms. The topological polar surface area (TPSA) is 72.2 Å². The van der Waals surface area contributed by atoms with Crippen molar-refractivity contribution in [2.24, 2.45) is 0 Å². The third kappa shape index (κ3) is 3.95. The van der Waals surface area contributed by atoms with Gasteiger partial charge in [-0.25, -0.2) is 9.97 Å². The van der Waals surface area contributed by atoms with Crippen molar-refractivity contribution in [1.29, 1.82) is 0 Å². The van der Waals surface area contributed by atoms with Crippen molar-refractivity contribution in [3.8, 4) is 0 Å². The van der Waals surface area contributed by atoms with Gasteiger partial charge < -0.3 is 4.90 Å². The monoisotopic (exact) mass is 324 g/mol. The van der Waals surface area contributed by atoms with Crippen LogP contribution >= 0.6 is 0 Å². The molecule has 0 N–H and O–H groups in total. The van der Waals surface area contributed by atoms with Gasteiger partial charge in [0.2, 0.25) is 0 Å². The van der Waals surface area contributed by atoms with Crippen molar-refractivity contribution in [3.63, 3.8) is 0 Å². The molecule has 0 unspecified atom stereocenters. The van der Waals surface area contributed by atoms with Gasteiger partial charge in [0.15, 0.2) is 0 Å². The average molecular weight is 324 g/mol. The van der Waals surface area contributed by atoms with Crippen LogP contribution in [0, 0.1) is 17.0 Å². The second-order valence-corrected chi connectivity index (χ2v) is 5.93. The number of piperidine rings is 1. The number of nitro groups is 1. The van der Waals surface area contributed by atoms with Gasteiger partial charge in [0.1, 0.15) is 11.6 Å². The van der Waals surface area contributed by atoms with Crippen molar-refractivity contribution >= 4 is 23.7 Å². The predicted octanol–water partition coefficient (Wildman–Crippen LogP) is 3.85. The molecular formula is C18H20N4O2. The average Bonchev–Trinajstić information content (AvgIpc) is 2.60. The van der Waals surface area contributed by atoms with Crippen molar-refractivity contribution < 1.29 is 4.92 Å². The Labute approximate surface area is 141 Å². The van der Waals surface area contributed by atoms with Crippen LogP contribution in [-0.2, 0) is 0 Å². The molecule has 0 radical (unpaired) electrons. The van der Waals surface area contributed by atoms with Crippen LogP contribution in [0.25, 0.3) is 12.2 Å². The lowest BCUT2D eigenvalue weighted by Crippen LogP contribution is -2.30. The number of anilines is 1. The van der Waals surface area contributed by atoms with Crippen molar-refractivity contribution in [3.05, 3.63) is 57.5 Å². The second kappa shape index (κ2) is 7.21. The molecule has 6 heteroatoms. The molecule has 0 amide bonds. The van der Waals surface area contributed by atoms with E-state index >= 15 is 0 Å². The van der Waals surface area contributed by atoms with E-state index in [-0.39, 0.29) is 10.6 Å². The highest BCUT2D eigenvalue weighted by Gasteiger charge is 2.13. The predicted molar refractivity (Wildman–Crippen MR) is 94.9 cm³/mol. The highest BCUT2D eigenvalue weighted by atomic mass is 16.6. The van der Waals surface area contributed by atoms with Gasteiger partial charge in [0.25, 0.3) is 5.69 Å². The Morgan fingerprint density at radius 1 is 1.12 bits per heavy atom. The number of benzene rings is 1. The van der Waals surface area contributed by atoms with Crippen LogP contribution in [0.15, 0.2) is 30.3 Å². The van der Waals surface area contributed by atoms with E-state index in [4.69, 9.17) is 0 Å². The Morgan fingerprint density at radius 2 is 1.92 bits per heavy atom. The normalized spacial score (nSPS) is 15.0. The lowest BCUT2D eigenvalue weighted by Gasteiger charge is -2.27. The second-order valence-electron chi connectivity index (χ2n) is 5.93. The summed E-state index contributed by atoms with van der Waals surface area (Å²) in [5.74, 6) is 1.69. The van der Waals surface area contributed by atoms with Gasteiger partial charge in [0, 0.05) is 31.3 Å². The molecule has 124 valence electrons. The summed E-state index contributed by atoms with van der Waals surface area (Å²) in [4.78, 5) is 21.7. The van der Waals surface area contributed by atoms with E-state index in [0.29, 0.717) is 0 Å². The molecule has 0 bridgehead atoms. The van der Waals surface area contributed by atoms with Gasteiger partial charge in [-0.15, -0.1) is 0 Å². The summed E-state index contributed by atoms with van der Waals surface area (Å²) < 4.78 is 0. The Hall–Kier alpha value is -2.76. The number of nitro benzene ring substituents is 1. The number of aryl methyl sites for hydroxylation is 1. The molecule has 0 atom stereocenters. The summed E-state index contributed by atoms with van der Waals surface area (Å²) in [6.07, 6.45) is 7.39. The van der Waals surface area contributed by atoms with Crippen LogP contribution in [-0.4, -0.2) is 28.0 Å². The maximum Gasteiger partial charge on any atom is 0.270 e. The number of nitrogens with zero attached hydrogens (tertiary/aromatic N) is 4. The van der Waals surface area contributed by atoms with E-state index in [9.17, 15) is 10.1 Å². The van der Waals surface area contributed by atoms with E-state index in [0.717, 1.165) is 36.0 Å². The molecule has 1 saturated heterocycles. The van der Waals surface area contributed by atoms with E-state index in [1.54, 1.807) is 12.1 Å². The molecule has 1 aromatic carbocycles. The highest BCUT2D eigenvalue weighted by Crippen LogP contribution is 2.20. The first-order valence-corrected chi connectivity index (χ1v) is 8.15. The third-order valence-corrected chi connectivity index (χ3v) is 4.05. The largest absolute Gasteiger partial charge is 0.356 e. The third-order valence-electron chi connectivity index (χ3n) is 4.05. The number of hydrogen-bond acceptors (Lipinski definition) is 5. The van der Waals surface area contributed by atoms with E-state index in [2.05, 4.69) is 14.9 Å². The van der Waals surface area contributed by atoms with Crippen molar-refractivity contribution in [1.82, 2.24) is 9.97 Å². The molecular weight excluding hydrogens is 304 g/mol. The molecule has 2 heterocycles. The van der Waals surface area contributed by atoms with Crippen LogP contribution in [0.5, 0.6) is 0 Å². The fraction of sp³-hybridized carbons (Fsp3) is 0.333. The molecule has 0 aliphatic carbocycles. The number of rotatable bonds is 4. The molecule has 1 aliphatic rings. The van der Waals surface area contributed by atoms with Crippen LogP contribution < -0.4 is 4.90 Å². The van der Waals surface area contributed by atoms with E-state index in [1.165, 1.54) is 25.3 Å². The Bertz CT molecular complexity index is 767. The van der Waals surface area contributed by atoms with Crippen molar-refractivity contribution in [2.75, 3.05) is 18.0 Å². The maximum absolute atomic E-state index is 10.8. The molecule has 2 aromatic rings.